The van der Waals surface area contributed by atoms with E-state index >= 15 is 0 Å². The summed E-state index contributed by atoms with van der Waals surface area (Å²) in [6.45, 7) is 13.5. The van der Waals surface area contributed by atoms with E-state index in [0.717, 1.165) is 18.1 Å². The number of hydrogen-bond acceptors (Lipinski definition) is 1. The van der Waals surface area contributed by atoms with E-state index in [1.165, 1.54) is 18.4 Å². The average Bonchev–Trinajstić information content (AvgIpc) is 2.31. The second kappa shape index (κ2) is 8.05. The van der Waals surface area contributed by atoms with Gasteiger partial charge in [0.2, 0.25) is 0 Å². The minimum Gasteiger partial charge on any atom is -0.316 e. The fraction of sp³-hybridized carbons (Fsp3) is 0.667. The predicted molar refractivity (Wildman–Crippen MR) is 90.6 cm³/mol. The van der Waals surface area contributed by atoms with Crippen LogP contribution in [0.25, 0.3) is 0 Å². The van der Waals surface area contributed by atoms with Gasteiger partial charge in [0.1, 0.15) is 0 Å². The SMILES string of the molecule is CC(C)CNCC(CCC(C)(C)C)c1cccc(Cl)c1. The predicted octanol–water partition coefficient (Wildman–Crippen LogP) is 5.50. The lowest BCUT2D eigenvalue weighted by molar-refractivity contribution is 0.343. The van der Waals surface area contributed by atoms with Crippen molar-refractivity contribution < 1.29 is 0 Å². The molecule has 1 N–H and O–H groups in total. The van der Waals surface area contributed by atoms with Crippen molar-refractivity contribution in [2.45, 2.75) is 53.4 Å². The summed E-state index contributed by atoms with van der Waals surface area (Å²) in [6.07, 6.45) is 2.43. The van der Waals surface area contributed by atoms with Crippen molar-refractivity contribution in [1.82, 2.24) is 5.32 Å². The second-order valence-corrected chi connectivity index (χ2v) is 7.84. The Morgan fingerprint density at radius 1 is 1.15 bits per heavy atom. The van der Waals surface area contributed by atoms with Crippen LogP contribution in [0.5, 0.6) is 0 Å². The Kier molecular flexibility index (Phi) is 7.05. The standard InChI is InChI=1S/C18H30ClN/c1-14(2)12-20-13-16(9-10-18(3,4)5)15-7-6-8-17(19)11-15/h6-8,11,14,16,20H,9-10,12-13H2,1-5H3. The van der Waals surface area contributed by atoms with Gasteiger partial charge in [-0.15, -0.1) is 0 Å². The normalized spacial score (nSPS) is 13.8. The first kappa shape index (κ1) is 17.5. The van der Waals surface area contributed by atoms with E-state index in [-0.39, 0.29) is 0 Å². The van der Waals surface area contributed by atoms with Crippen LogP contribution in [0.4, 0.5) is 0 Å². The molecule has 0 saturated carbocycles. The Morgan fingerprint density at radius 3 is 2.40 bits per heavy atom. The van der Waals surface area contributed by atoms with Gasteiger partial charge in [-0.3, -0.25) is 0 Å². The van der Waals surface area contributed by atoms with Crippen LogP contribution in [0.2, 0.25) is 5.02 Å². The highest BCUT2D eigenvalue weighted by Gasteiger charge is 2.17. The van der Waals surface area contributed by atoms with Crippen molar-refractivity contribution in [3.05, 3.63) is 34.9 Å². The number of hydrogen-bond donors (Lipinski definition) is 1. The average molecular weight is 296 g/mol. The van der Waals surface area contributed by atoms with Crippen LogP contribution in [0.1, 0.15) is 58.9 Å². The minimum atomic E-state index is 0.384. The molecule has 0 aliphatic heterocycles. The highest BCUT2D eigenvalue weighted by Crippen LogP contribution is 2.29. The lowest BCUT2D eigenvalue weighted by Gasteiger charge is -2.24. The summed E-state index contributed by atoms with van der Waals surface area (Å²) in [4.78, 5) is 0. The van der Waals surface area contributed by atoms with Gasteiger partial charge in [-0.1, -0.05) is 58.4 Å². The van der Waals surface area contributed by atoms with Crippen LogP contribution < -0.4 is 5.32 Å². The molecule has 0 aliphatic carbocycles. The fourth-order valence-corrected chi connectivity index (χ4v) is 2.50. The number of halogens is 1. The zero-order chi connectivity index (χ0) is 15.2. The first-order chi connectivity index (χ1) is 9.28. The summed E-state index contributed by atoms with van der Waals surface area (Å²) >= 11 is 6.14. The van der Waals surface area contributed by atoms with Crippen molar-refractivity contribution in [1.29, 1.82) is 0 Å². The molecule has 1 atom stereocenters. The van der Waals surface area contributed by atoms with Gasteiger partial charge >= 0.3 is 0 Å². The number of rotatable bonds is 7. The molecule has 1 nitrogen and oxygen atoms in total. The van der Waals surface area contributed by atoms with Crippen LogP contribution in [0.3, 0.4) is 0 Å². The van der Waals surface area contributed by atoms with Crippen LogP contribution in [-0.2, 0) is 0 Å². The molecule has 0 radical (unpaired) electrons. The van der Waals surface area contributed by atoms with Gasteiger partial charge in [0.25, 0.3) is 0 Å². The highest BCUT2D eigenvalue weighted by molar-refractivity contribution is 6.30. The lowest BCUT2D eigenvalue weighted by atomic mass is 9.84. The maximum atomic E-state index is 6.14. The number of benzene rings is 1. The fourth-order valence-electron chi connectivity index (χ4n) is 2.30. The molecule has 0 spiro atoms. The molecule has 2 heteroatoms. The third kappa shape index (κ3) is 7.31. The van der Waals surface area contributed by atoms with Gasteiger partial charge in [-0.25, -0.2) is 0 Å². The van der Waals surface area contributed by atoms with Gasteiger partial charge in [-0.05, 0) is 54.3 Å². The minimum absolute atomic E-state index is 0.384. The first-order valence-electron chi connectivity index (χ1n) is 7.74. The lowest BCUT2D eigenvalue weighted by Crippen LogP contribution is -2.26. The molecule has 0 saturated heterocycles. The summed E-state index contributed by atoms with van der Waals surface area (Å²) in [5.74, 6) is 1.24. The van der Waals surface area contributed by atoms with Crippen molar-refractivity contribution in [3.8, 4) is 0 Å². The molecule has 0 bridgehead atoms. The van der Waals surface area contributed by atoms with Gasteiger partial charge in [0.15, 0.2) is 0 Å². The molecule has 1 aromatic carbocycles. The van der Waals surface area contributed by atoms with Gasteiger partial charge in [0.05, 0.1) is 0 Å². The van der Waals surface area contributed by atoms with Crippen LogP contribution >= 0.6 is 11.6 Å². The summed E-state index contributed by atoms with van der Waals surface area (Å²) in [6, 6.07) is 8.33. The van der Waals surface area contributed by atoms with E-state index in [2.05, 4.69) is 58.1 Å². The summed E-state index contributed by atoms with van der Waals surface area (Å²) in [5, 5.41) is 4.44. The van der Waals surface area contributed by atoms with Crippen molar-refractivity contribution in [2.75, 3.05) is 13.1 Å². The van der Waals surface area contributed by atoms with Crippen molar-refractivity contribution in [3.63, 3.8) is 0 Å². The number of nitrogens with one attached hydrogen (secondary N) is 1. The maximum Gasteiger partial charge on any atom is 0.0408 e. The summed E-state index contributed by atoms with van der Waals surface area (Å²) in [7, 11) is 0. The van der Waals surface area contributed by atoms with Gasteiger partial charge < -0.3 is 5.32 Å². The highest BCUT2D eigenvalue weighted by atomic mass is 35.5. The van der Waals surface area contributed by atoms with E-state index in [9.17, 15) is 0 Å². The summed E-state index contributed by atoms with van der Waals surface area (Å²) < 4.78 is 0. The Morgan fingerprint density at radius 2 is 1.85 bits per heavy atom. The van der Waals surface area contributed by atoms with Gasteiger partial charge in [0, 0.05) is 11.6 Å². The van der Waals surface area contributed by atoms with E-state index in [0.29, 0.717) is 17.3 Å². The van der Waals surface area contributed by atoms with E-state index < -0.39 is 0 Å². The van der Waals surface area contributed by atoms with E-state index in [4.69, 9.17) is 11.6 Å². The molecule has 1 unspecified atom stereocenters. The van der Waals surface area contributed by atoms with Crippen molar-refractivity contribution in [2.24, 2.45) is 11.3 Å². The molecule has 1 aromatic rings. The molecule has 20 heavy (non-hydrogen) atoms. The largest absolute Gasteiger partial charge is 0.316 e. The van der Waals surface area contributed by atoms with Crippen LogP contribution in [0.15, 0.2) is 24.3 Å². The molecule has 0 heterocycles. The third-order valence-electron chi connectivity index (χ3n) is 3.51. The quantitative estimate of drug-likeness (QED) is 0.701. The zero-order valence-corrected chi connectivity index (χ0v) is 14.4. The Bertz CT molecular complexity index is 393. The van der Waals surface area contributed by atoms with Crippen LogP contribution in [-0.4, -0.2) is 13.1 Å². The zero-order valence-electron chi connectivity index (χ0n) is 13.7. The molecule has 0 amide bonds. The second-order valence-electron chi connectivity index (χ2n) is 7.40. The molecular weight excluding hydrogens is 266 g/mol. The topological polar surface area (TPSA) is 12.0 Å². The smallest absolute Gasteiger partial charge is 0.0408 e. The Hall–Kier alpha value is -0.530. The van der Waals surface area contributed by atoms with Gasteiger partial charge in [-0.2, -0.15) is 0 Å². The summed E-state index contributed by atoms with van der Waals surface area (Å²) in [5.41, 5.74) is 1.74. The molecular formula is C18H30ClN. The van der Waals surface area contributed by atoms with Crippen LogP contribution in [0, 0.1) is 11.3 Å². The Labute approximate surface area is 130 Å². The van der Waals surface area contributed by atoms with Crippen molar-refractivity contribution >= 4 is 11.6 Å². The first-order valence-corrected chi connectivity index (χ1v) is 8.12. The monoisotopic (exact) mass is 295 g/mol. The Balaban J connectivity index is 2.68. The molecule has 0 aliphatic rings. The molecule has 0 aromatic heterocycles. The van der Waals surface area contributed by atoms with E-state index in [1.807, 2.05) is 6.07 Å². The van der Waals surface area contributed by atoms with E-state index in [1.54, 1.807) is 0 Å². The molecule has 0 fully saturated rings. The molecule has 1 rings (SSSR count). The maximum absolute atomic E-state index is 6.14. The third-order valence-corrected chi connectivity index (χ3v) is 3.74. The molecule has 114 valence electrons.